The molecule has 88 valence electrons. The fourth-order valence-electron chi connectivity index (χ4n) is 1.41. The van der Waals surface area contributed by atoms with E-state index in [0.717, 1.165) is 30.8 Å². The molecule has 0 aliphatic heterocycles. The van der Waals surface area contributed by atoms with Gasteiger partial charge in [-0.3, -0.25) is 0 Å². The lowest BCUT2D eigenvalue weighted by molar-refractivity contribution is 0.365. The van der Waals surface area contributed by atoms with E-state index in [1.54, 1.807) is 0 Å². The van der Waals surface area contributed by atoms with Gasteiger partial charge in [0, 0.05) is 25.1 Å². The Kier molecular flexibility index (Phi) is 6.41. The van der Waals surface area contributed by atoms with Crippen LogP contribution in [0.1, 0.15) is 18.9 Å². The number of nitrogens with one attached hydrogen (secondary N) is 1. The first kappa shape index (κ1) is 13.2. The third-order valence-electron chi connectivity index (χ3n) is 2.20. The number of para-hydroxylation sites is 1. The summed E-state index contributed by atoms with van der Waals surface area (Å²) >= 11 is 0. The van der Waals surface area contributed by atoms with Crippen molar-refractivity contribution in [3.8, 4) is 29.9 Å². The summed E-state index contributed by atoms with van der Waals surface area (Å²) in [6.07, 6.45) is 6.04. The molecule has 17 heavy (non-hydrogen) atoms. The lowest BCUT2D eigenvalue weighted by Crippen LogP contribution is -2.15. The normalized spacial score (nSPS) is 8.94. The molecule has 0 saturated heterocycles. The van der Waals surface area contributed by atoms with Gasteiger partial charge in [0.25, 0.3) is 0 Å². The monoisotopic (exact) mass is 227 g/mol. The molecule has 1 rings (SSSR count). The van der Waals surface area contributed by atoms with Crippen LogP contribution in [0.5, 0.6) is 5.75 Å². The molecule has 0 unspecified atom stereocenters. The Bertz CT molecular complexity index is 434. The van der Waals surface area contributed by atoms with Gasteiger partial charge in [-0.05, 0) is 13.0 Å². The van der Waals surface area contributed by atoms with Gasteiger partial charge in [0.2, 0.25) is 0 Å². The number of benzene rings is 1. The minimum atomic E-state index is 0.304. The van der Waals surface area contributed by atoms with Crippen LogP contribution < -0.4 is 10.1 Å². The van der Waals surface area contributed by atoms with Crippen LogP contribution >= 0.6 is 0 Å². The fraction of sp³-hybridized carbons (Fsp3) is 0.333. The molecule has 0 spiro atoms. The predicted molar refractivity (Wildman–Crippen MR) is 70.5 cm³/mol. The maximum atomic E-state index is 5.46. The summed E-state index contributed by atoms with van der Waals surface area (Å²) < 4.78 is 5.46. The molecular weight excluding hydrogens is 210 g/mol. The van der Waals surface area contributed by atoms with Crippen LogP contribution in [0.2, 0.25) is 0 Å². The highest BCUT2D eigenvalue weighted by Gasteiger charge is 2.01. The van der Waals surface area contributed by atoms with Crippen molar-refractivity contribution >= 4 is 0 Å². The SMILES string of the molecule is C#CCOc1ccccc1CNCCC#CC. The first-order valence-corrected chi connectivity index (χ1v) is 5.63. The molecule has 0 atom stereocenters. The molecule has 1 N–H and O–H groups in total. The van der Waals surface area contributed by atoms with Gasteiger partial charge in [-0.15, -0.1) is 18.3 Å². The summed E-state index contributed by atoms with van der Waals surface area (Å²) in [7, 11) is 0. The van der Waals surface area contributed by atoms with Crippen molar-refractivity contribution < 1.29 is 4.74 Å². The second-order valence-corrected chi connectivity index (χ2v) is 3.45. The van der Waals surface area contributed by atoms with Gasteiger partial charge in [0.1, 0.15) is 12.4 Å². The van der Waals surface area contributed by atoms with Gasteiger partial charge in [-0.25, -0.2) is 0 Å². The molecule has 2 heteroatoms. The molecule has 1 aromatic rings. The van der Waals surface area contributed by atoms with E-state index in [2.05, 4.69) is 23.1 Å². The van der Waals surface area contributed by atoms with Crippen LogP contribution in [0.4, 0.5) is 0 Å². The molecule has 1 aromatic carbocycles. The van der Waals surface area contributed by atoms with Crippen molar-refractivity contribution in [2.24, 2.45) is 0 Å². The summed E-state index contributed by atoms with van der Waals surface area (Å²) in [6.45, 7) is 3.80. The van der Waals surface area contributed by atoms with Crippen molar-refractivity contribution in [1.82, 2.24) is 5.32 Å². The largest absolute Gasteiger partial charge is 0.481 e. The van der Waals surface area contributed by atoms with Gasteiger partial charge in [-0.2, -0.15) is 0 Å². The number of ether oxygens (including phenoxy) is 1. The molecule has 2 nitrogen and oxygen atoms in total. The Hall–Kier alpha value is -1.90. The molecule has 0 aromatic heterocycles. The van der Waals surface area contributed by atoms with Crippen LogP contribution in [-0.4, -0.2) is 13.2 Å². The van der Waals surface area contributed by atoms with Crippen LogP contribution in [0.25, 0.3) is 0 Å². The van der Waals surface area contributed by atoms with E-state index in [4.69, 9.17) is 11.2 Å². The van der Waals surface area contributed by atoms with Crippen molar-refractivity contribution in [1.29, 1.82) is 0 Å². The minimum absolute atomic E-state index is 0.304. The van der Waals surface area contributed by atoms with E-state index in [-0.39, 0.29) is 0 Å². The van der Waals surface area contributed by atoms with Crippen molar-refractivity contribution in [3.63, 3.8) is 0 Å². The minimum Gasteiger partial charge on any atom is -0.481 e. The maximum Gasteiger partial charge on any atom is 0.148 e. The molecule has 0 saturated carbocycles. The van der Waals surface area contributed by atoms with E-state index in [1.807, 2.05) is 31.2 Å². The summed E-state index contributed by atoms with van der Waals surface area (Å²) in [6, 6.07) is 7.90. The summed E-state index contributed by atoms with van der Waals surface area (Å²) in [5, 5.41) is 3.32. The lowest BCUT2D eigenvalue weighted by atomic mass is 10.2. The highest BCUT2D eigenvalue weighted by Crippen LogP contribution is 2.17. The molecule has 0 amide bonds. The van der Waals surface area contributed by atoms with Crippen LogP contribution in [0, 0.1) is 24.2 Å². The quantitative estimate of drug-likeness (QED) is 0.594. The Labute approximate surface area is 103 Å². The third-order valence-corrected chi connectivity index (χ3v) is 2.20. The molecule has 0 heterocycles. The van der Waals surface area contributed by atoms with E-state index >= 15 is 0 Å². The molecule has 0 aliphatic carbocycles. The van der Waals surface area contributed by atoms with E-state index < -0.39 is 0 Å². The Morgan fingerprint density at radius 1 is 1.35 bits per heavy atom. The maximum absolute atomic E-state index is 5.46. The summed E-state index contributed by atoms with van der Waals surface area (Å²) in [5.74, 6) is 9.20. The van der Waals surface area contributed by atoms with Gasteiger partial charge in [0.15, 0.2) is 0 Å². The first-order chi connectivity index (χ1) is 8.38. The number of terminal acetylenes is 1. The second kappa shape index (κ2) is 8.28. The highest BCUT2D eigenvalue weighted by molar-refractivity contribution is 5.33. The van der Waals surface area contributed by atoms with Crippen LogP contribution in [-0.2, 0) is 6.54 Å². The van der Waals surface area contributed by atoms with Crippen molar-refractivity contribution in [3.05, 3.63) is 29.8 Å². The summed E-state index contributed by atoms with van der Waals surface area (Å²) in [4.78, 5) is 0. The van der Waals surface area contributed by atoms with Crippen molar-refractivity contribution in [2.75, 3.05) is 13.2 Å². The Balaban J connectivity index is 2.45. The number of rotatable bonds is 6. The number of hydrogen-bond donors (Lipinski definition) is 1. The van der Waals surface area contributed by atoms with E-state index in [1.165, 1.54) is 0 Å². The van der Waals surface area contributed by atoms with Gasteiger partial charge in [-0.1, -0.05) is 24.1 Å². The van der Waals surface area contributed by atoms with Gasteiger partial charge < -0.3 is 10.1 Å². The summed E-state index contributed by atoms with van der Waals surface area (Å²) in [5.41, 5.74) is 1.12. The van der Waals surface area contributed by atoms with Crippen LogP contribution in [0.15, 0.2) is 24.3 Å². The Morgan fingerprint density at radius 3 is 2.94 bits per heavy atom. The van der Waals surface area contributed by atoms with Gasteiger partial charge >= 0.3 is 0 Å². The first-order valence-electron chi connectivity index (χ1n) is 5.63. The molecule has 0 fully saturated rings. The zero-order valence-corrected chi connectivity index (χ0v) is 10.1. The fourth-order valence-corrected chi connectivity index (χ4v) is 1.41. The van der Waals surface area contributed by atoms with Crippen molar-refractivity contribution in [2.45, 2.75) is 19.9 Å². The average Bonchev–Trinajstić information content (AvgIpc) is 2.37. The molecule has 0 aliphatic rings. The third kappa shape index (κ3) is 5.11. The standard InChI is InChI=1S/C15H17NO/c1-3-5-8-11-16-13-14-9-6-7-10-15(14)17-12-4-2/h2,6-7,9-10,16H,8,11-13H2,1H3. The highest BCUT2D eigenvalue weighted by atomic mass is 16.5. The molecular formula is C15H17NO. The predicted octanol–water partition coefficient (Wildman–Crippen LogP) is 2.20. The Morgan fingerprint density at radius 2 is 2.18 bits per heavy atom. The van der Waals surface area contributed by atoms with E-state index in [0.29, 0.717) is 6.61 Å². The van der Waals surface area contributed by atoms with E-state index in [9.17, 15) is 0 Å². The molecule has 0 bridgehead atoms. The number of hydrogen-bond acceptors (Lipinski definition) is 2. The second-order valence-electron chi connectivity index (χ2n) is 3.45. The zero-order valence-electron chi connectivity index (χ0n) is 10.1. The average molecular weight is 227 g/mol. The zero-order chi connectivity index (χ0) is 12.3. The smallest absolute Gasteiger partial charge is 0.148 e. The lowest BCUT2D eigenvalue weighted by Gasteiger charge is -2.09. The van der Waals surface area contributed by atoms with Gasteiger partial charge in [0.05, 0.1) is 0 Å². The topological polar surface area (TPSA) is 21.3 Å². The molecule has 0 radical (unpaired) electrons. The van der Waals surface area contributed by atoms with Crippen LogP contribution in [0.3, 0.4) is 0 Å².